The topological polar surface area (TPSA) is 76.7 Å². The number of carbonyl (C=O) groups is 1. The summed E-state index contributed by atoms with van der Waals surface area (Å²) in [7, 11) is 0. The van der Waals surface area contributed by atoms with Gasteiger partial charge in [0.25, 0.3) is 5.91 Å². The highest BCUT2D eigenvalue weighted by atomic mass is 16.2. The lowest BCUT2D eigenvalue weighted by Crippen LogP contribution is -2.17. The zero-order chi connectivity index (χ0) is 15.0. The number of benzene rings is 1. The van der Waals surface area contributed by atoms with Gasteiger partial charge in [-0.2, -0.15) is 5.10 Å². The summed E-state index contributed by atoms with van der Waals surface area (Å²) in [6, 6.07) is 8.00. The predicted octanol–water partition coefficient (Wildman–Crippen LogP) is 2.32. The summed E-state index contributed by atoms with van der Waals surface area (Å²) in [5.41, 5.74) is 10.3. The molecule has 0 aliphatic carbocycles. The minimum Gasteiger partial charge on any atom is -0.361 e. The van der Waals surface area contributed by atoms with Crippen molar-refractivity contribution in [1.82, 2.24) is 14.8 Å². The highest BCUT2D eigenvalue weighted by Crippen LogP contribution is 2.16. The number of fused-ring (bicyclic) bond motifs is 1. The molecule has 0 amide bonds. The number of nitrogens with zero attached hydrogens (tertiary/aromatic N) is 2. The maximum Gasteiger partial charge on any atom is 0.251 e. The standard InChI is InChI=1S/C16H18N4O/c1-10-14(9-17)11(2)20(19-10)16(21)8-12-3-4-13-5-6-18-15(13)7-12/h3-7,18H,8-9,17H2,1-2H3. The molecule has 0 aliphatic rings. The molecule has 3 rings (SSSR count). The summed E-state index contributed by atoms with van der Waals surface area (Å²) >= 11 is 0. The lowest BCUT2D eigenvalue weighted by atomic mass is 10.1. The van der Waals surface area contributed by atoms with Crippen LogP contribution in [0.5, 0.6) is 0 Å². The molecule has 0 unspecified atom stereocenters. The van der Waals surface area contributed by atoms with Crippen molar-refractivity contribution in [3.63, 3.8) is 0 Å². The highest BCUT2D eigenvalue weighted by molar-refractivity contribution is 5.84. The first-order valence-electron chi connectivity index (χ1n) is 6.94. The van der Waals surface area contributed by atoms with Gasteiger partial charge in [0.15, 0.2) is 0 Å². The lowest BCUT2D eigenvalue weighted by molar-refractivity contribution is 0.0895. The summed E-state index contributed by atoms with van der Waals surface area (Å²) in [5.74, 6) is -0.0405. The Morgan fingerprint density at radius 2 is 2.14 bits per heavy atom. The number of carbonyl (C=O) groups excluding carboxylic acids is 1. The Labute approximate surface area is 122 Å². The van der Waals surface area contributed by atoms with Crippen LogP contribution in [0.2, 0.25) is 0 Å². The number of hydrogen-bond donors (Lipinski definition) is 2. The van der Waals surface area contributed by atoms with Gasteiger partial charge in [-0.3, -0.25) is 4.79 Å². The van der Waals surface area contributed by atoms with Gasteiger partial charge in [0, 0.05) is 29.5 Å². The molecule has 2 aromatic heterocycles. The van der Waals surface area contributed by atoms with Gasteiger partial charge in [0.1, 0.15) is 0 Å². The van der Waals surface area contributed by atoms with E-state index in [0.717, 1.165) is 33.4 Å². The number of aromatic amines is 1. The Kier molecular flexibility index (Phi) is 3.35. The molecule has 0 saturated carbocycles. The quantitative estimate of drug-likeness (QED) is 0.774. The van der Waals surface area contributed by atoms with Gasteiger partial charge >= 0.3 is 0 Å². The molecular formula is C16H18N4O. The third-order valence-corrected chi connectivity index (χ3v) is 3.86. The number of hydrogen-bond acceptors (Lipinski definition) is 3. The molecule has 2 heterocycles. The van der Waals surface area contributed by atoms with Crippen LogP contribution in [0.4, 0.5) is 0 Å². The van der Waals surface area contributed by atoms with Gasteiger partial charge in [-0.15, -0.1) is 0 Å². The van der Waals surface area contributed by atoms with Gasteiger partial charge in [0.2, 0.25) is 0 Å². The van der Waals surface area contributed by atoms with Crippen LogP contribution in [0, 0.1) is 13.8 Å². The minimum atomic E-state index is -0.0405. The maximum absolute atomic E-state index is 12.4. The van der Waals surface area contributed by atoms with Crippen molar-refractivity contribution in [2.24, 2.45) is 5.73 Å². The molecule has 3 aromatic rings. The molecule has 0 atom stereocenters. The number of rotatable bonds is 3. The number of aryl methyl sites for hydroxylation is 1. The van der Waals surface area contributed by atoms with Crippen LogP contribution in [0.1, 0.15) is 27.3 Å². The Bertz CT molecular complexity index is 813. The first kappa shape index (κ1) is 13.6. The smallest absolute Gasteiger partial charge is 0.251 e. The van der Waals surface area contributed by atoms with E-state index in [9.17, 15) is 4.79 Å². The van der Waals surface area contributed by atoms with E-state index in [1.54, 1.807) is 0 Å². The third kappa shape index (κ3) is 2.36. The molecule has 0 aliphatic heterocycles. The molecule has 0 radical (unpaired) electrons. The fraction of sp³-hybridized carbons (Fsp3) is 0.250. The summed E-state index contributed by atoms with van der Waals surface area (Å²) in [6.07, 6.45) is 2.21. The molecule has 0 saturated heterocycles. The number of aromatic nitrogens is 3. The summed E-state index contributed by atoms with van der Waals surface area (Å²) < 4.78 is 1.47. The molecule has 21 heavy (non-hydrogen) atoms. The van der Waals surface area contributed by atoms with Gasteiger partial charge in [0.05, 0.1) is 12.1 Å². The van der Waals surface area contributed by atoms with Gasteiger partial charge in [-0.1, -0.05) is 12.1 Å². The summed E-state index contributed by atoms with van der Waals surface area (Å²) in [5, 5.41) is 5.45. The van der Waals surface area contributed by atoms with E-state index in [1.165, 1.54) is 4.68 Å². The summed E-state index contributed by atoms with van der Waals surface area (Å²) in [4.78, 5) is 15.6. The monoisotopic (exact) mass is 282 g/mol. The molecular weight excluding hydrogens is 264 g/mol. The van der Waals surface area contributed by atoms with E-state index >= 15 is 0 Å². The van der Waals surface area contributed by atoms with Gasteiger partial charge in [-0.05, 0) is 36.9 Å². The van der Waals surface area contributed by atoms with Crippen LogP contribution in [0.3, 0.4) is 0 Å². The van der Waals surface area contributed by atoms with Crippen LogP contribution in [0.15, 0.2) is 30.5 Å². The Morgan fingerprint density at radius 3 is 2.86 bits per heavy atom. The van der Waals surface area contributed by atoms with Crippen molar-refractivity contribution in [2.45, 2.75) is 26.8 Å². The van der Waals surface area contributed by atoms with Crippen molar-refractivity contribution in [2.75, 3.05) is 0 Å². The second-order valence-corrected chi connectivity index (χ2v) is 5.24. The fourth-order valence-corrected chi connectivity index (χ4v) is 2.67. The zero-order valence-corrected chi connectivity index (χ0v) is 12.2. The molecule has 0 spiro atoms. The lowest BCUT2D eigenvalue weighted by Gasteiger charge is -2.04. The van der Waals surface area contributed by atoms with Crippen molar-refractivity contribution >= 4 is 16.8 Å². The van der Waals surface area contributed by atoms with Crippen molar-refractivity contribution in [3.05, 3.63) is 53.0 Å². The van der Waals surface area contributed by atoms with E-state index in [0.29, 0.717) is 13.0 Å². The van der Waals surface area contributed by atoms with Crippen LogP contribution in [0.25, 0.3) is 10.9 Å². The SMILES string of the molecule is Cc1nn(C(=O)Cc2ccc3cc[nH]c3c2)c(C)c1CN. The van der Waals surface area contributed by atoms with Crippen LogP contribution < -0.4 is 5.73 Å². The fourth-order valence-electron chi connectivity index (χ4n) is 2.67. The summed E-state index contributed by atoms with van der Waals surface area (Å²) in [6.45, 7) is 4.16. The van der Waals surface area contributed by atoms with Crippen molar-refractivity contribution in [3.8, 4) is 0 Å². The highest BCUT2D eigenvalue weighted by Gasteiger charge is 2.16. The van der Waals surface area contributed by atoms with Crippen LogP contribution in [-0.2, 0) is 13.0 Å². The Morgan fingerprint density at radius 1 is 1.33 bits per heavy atom. The number of nitrogens with one attached hydrogen (secondary N) is 1. The normalized spacial score (nSPS) is 11.2. The number of H-pyrrole nitrogens is 1. The molecule has 1 aromatic carbocycles. The van der Waals surface area contributed by atoms with Crippen molar-refractivity contribution in [1.29, 1.82) is 0 Å². The average Bonchev–Trinajstić information content (AvgIpc) is 3.02. The molecule has 5 heteroatoms. The second-order valence-electron chi connectivity index (χ2n) is 5.24. The van der Waals surface area contributed by atoms with Crippen molar-refractivity contribution < 1.29 is 4.79 Å². The van der Waals surface area contributed by atoms with E-state index < -0.39 is 0 Å². The average molecular weight is 282 g/mol. The maximum atomic E-state index is 12.4. The van der Waals surface area contributed by atoms with E-state index in [2.05, 4.69) is 10.1 Å². The Balaban J connectivity index is 1.89. The van der Waals surface area contributed by atoms with Crippen LogP contribution in [-0.4, -0.2) is 20.7 Å². The predicted molar refractivity (Wildman–Crippen MR) is 82.2 cm³/mol. The molecule has 108 valence electrons. The van der Waals surface area contributed by atoms with Crippen LogP contribution >= 0.6 is 0 Å². The zero-order valence-electron chi connectivity index (χ0n) is 12.2. The van der Waals surface area contributed by atoms with Gasteiger partial charge in [-0.25, -0.2) is 4.68 Å². The molecule has 0 bridgehead atoms. The minimum absolute atomic E-state index is 0.0405. The molecule has 5 nitrogen and oxygen atoms in total. The van der Waals surface area contributed by atoms with Gasteiger partial charge < -0.3 is 10.7 Å². The van der Waals surface area contributed by atoms with E-state index in [-0.39, 0.29) is 5.91 Å². The largest absolute Gasteiger partial charge is 0.361 e. The van der Waals surface area contributed by atoms with E-state index in [4.69, 9.17) is 5.73 Å². The van der Waals surface area contributed by atoms with E-state index in [1.807, 2.05) is 44.3 Å². The molecule has 0 fully saturated rings. The first-order chi connectivity index (χ1) is 10.1. The first-order valence-corrected chi connectivity index (χ1v) is 6.94. The molecule has 3 N–H and O–H groups in total. The third-order valence-electron chi connectivity index (χ3n) is 3.86. The number of nitrogens with two attached hydrogens (primary N) is 1. The second kappa shape index (κ2) is 5.18. The Hall–Kier alpha value is -2.40.